The first-order valence-electron chi connectivity index (χ1n) is 10.1. The molecule has 0 spiro atoms. The van der Waals surface area contributed by atoms with Crippen molar-refractivity contribution in [3.05, 3.63) is 65.9 Å². The highest BCUT2D eigenvalue weighted by atomic mass is 32.2. The Bertz CT molecular complexity index is 1430. The zero-order chi connectivity index (χ0) is 22.5. The van der Waals surface area contributed by atoms with Gasteiger partial charge >= 0.3 is 0 Å². The van der Waals surface area contributed by atoms with Gasteiger partial charge in [-0.15, -0.1) is 0 Å². The zero-order valence-electron chi connectivity index (χ0n) is 17.6. The molecule has 1 amide bonds. The van der Waals surface area contributed by atoms with E-state index >= 15 is 0 Å². The van der Waals surface area contributed by atoms with Gasteiger partial charge in [-0.1, -0.05) is 0 Å². The number of amides is 1. The van der Waals surface area contributed by atoms with Crippen LogP contribution < -0.4 is 5.32 Å². The number of fused-ring (bicyclic) bond motifs is 2. The molecule has 0 saturated heterocycles. The molecule has 0 atom stereocenters. The smallest absolute Gasteiger partial charge is 0.268 e. The van der Waals surface area contributed by atoms with E-state index in [9.17, 15) is 13.2 Å². The maximum Gasteiger partial charge on any atom is 0.268 e. The van der Waals surface area contributed by atoms with Gasteiger partial charge in [-0.2, -0.15) is 9.40 Å². The minimum Gasteiger partial charge on any atom is -0.344 e. The highest BCUT2D eigenvalue weighted by Crippen LogP contribution is 2.26. The van der Waals surface area contributed by atoms with Crippen molar-refractivity contribution < 1.29 is 13.2 Å². The third-order valence-electron chi connectivity index (χ3n) is 5.83. The minimum atomic E-state index is -3.77. The van der Waals surface area contributed by atoms with Crippen molar-refractivity contribution in [3.8, 4) is 0 Å². The summed E-state index contributed by atoms with van der Waals surface area (Å²) in [5.41, 5.74) is 2.29. The van der Waals surface area contributed by atoms with E-state index in [1.807, 2.05) is 12.3 Å². The van der Waals surface area contributed by atoms with Gasteiger partial charge in [0.25, 0.3) is 5.91 Å². The molecule has 1 aliphatic heterocycles. The van der Waals surface area contributed by atoms with Crippen molar-refractivity contribution in [2.75, 3.05) is 6.54 Å². The number of hydrogen-bond donors (Lipinski definition) is 1. The largest absolute Gasteiger partial charge is 0.344 e. The molecule has 0 unspecified atom stereocenters. The molecule has 5 heterocycles. The van der Waals surface area contributed by atoms with Gasteiger partial charge in [0.1, 0.15) is 16.4 Å². The Morgan fingerprint density at radius 2 is 2.06 bits per heavy atom. The molecule has 12 heteroatoms. The van der Waals surface area contributed by atoms with E-state index in [-0.39, 0.29) is 29.6 Å². The van der Waals surface area contributed by atoms with Crippen LogP contribution in [-0.2, 0) is 36.7 Å². The van der Waals surface area contributed by atoms with Crippen LogP contribution in [0.1, 0.15) is 27.7 Å². The molecule has 1 aliphatic rings. The maximum atomic E-state index is 13.3. The zero-order valence-corrected chi connectivity index (χ0v) is 18.4. The van der Waals surface area contributed by atoms with Gasteiger partial charge in [0.05, 0.1) is 31.5 Å². The molecule has 0 saturated carbocycles. The van der Waals surface area contributed by atoms with Gasteiger partial charge in [-0.05, 0) is 25.1 Å². The predicted molar refractivity (Wildman–Crippen MR) is 114 cm³/mol. The van der Waals surface area contributed by atoms with Crippen LogP contribution in [0, 0.1) is 6.92 Å². The summed E-state index contributed by atoms with van der Waals surface area (Å²) in [6, 6.07) is 5.04. The fraction of sp³-hybridized carbons (Fsp3) is 0.300. The van der Waals surface area contributed by atoms with E-state index in [0.717, 1.165) is 5.69 Å². The number of carbonyl (C=O) groups is 1. The van der Waals surface area contributed by atoms with Gasteiger partial charge in [0, 0.05) is 37.9 Å². The fourth-order valence-electron chi connectivity index (χ4n) is 3.93. The third kappa shape index (κ3) is 3.28. The van der Waals surface area contributed by atoms with Gasteiger partial charge < -0.3 is 9.88 Å². The molecule has 5 rings (SSSR count). The predicted octanol–water partition coefficient (Wildman–Crippen LogP) is 0.707. The molecule has 1 N–H and O–H groups in total. The summed E-state index contributed by atoms with van der Waals surface area (Å²) in [5.74, 6) is 0.250. The fourth-order valence-corrected chi connectivity index (χ4v) is 5.60. The van der Waals surface area contributed by atoms with Crippen LogP contribution in [0.3, 0.4) is 0 Å². The molecule has 0 bridgehead atoms. The topological polar surface area (TPSA) is 119 Å². The van der Waals surface area contributed by atoms with Crippen LogP contribution in [0.4, 0.5) is 0 Å². The van der Waals surface area contributed by atoms with Gasteiger partial charge in [0.2, 0.25) is 10.0 Å². The molecule has 32 heavy (non-hydrogen) atoms. The molecular formula is C20H22N8O3S. The monoisotopic (exact) mass is 454 g/mol. The minimum absolute atomic E-state index is 0.133. The van der Waals surface area contributed by atoms with E-state index in [1.165, 1.54) is 10.4 Å². The molecule has 0 radical (unpaired) electrons. The molecule has 4 aromatic heterocycles. The van der Waals surface area contributed by atoms with Crippen LogP contribution in [0.15, 0.2) is 47.9 Å². The van der Waals surface area contributed by atoms with Crippen molar-refractivity contribution in [2.24, 2.45) is 7.05 Å². The molecule has 166 valence electrons. The molecular weight excluding hydrogens is 432 g/mol. The SMILES string of the molecule is Cc1c(S(=O)(=O)N2CCn3nccc3C2)cc(C(=O)NCc2ncc3ncccn23)n1C. The Morgan fingerprint density at radius 1 is 1.22 bits per heavy atom. The van der Waals surface area contributed by atoms with E-state index in [2.05, 4.69) is 20.4 Å². The summed E-state index contributed by atoms with van der Waals surface area (Å²) < 4.78 is 33.3. The number of nitrogens with one attached hydrogen (secondary N) is 1. The molecule has 11 nitrogen and oxygen atoms in total. The van der Waals surface area contributed by atoms with Gasteiger partial charge in [-0.3, -0.25) is 13.9 Å². The highest BCUT2D eigenvalue weighted by molar-refractivity contribution is 7.89. The number of aromatic nitrogens is 6. The lowest BCUT2D eigenvalue weighted by molar-refractivity contribution is 0.0941. The second kappa shape index (κ2) is 7.57. The number of hydrogen-bond acceptors (Lipinski definition) is 6. The van der Waals surface area contributed by atoms with Crippen molar-refractivity contribution in [3.63, 3.8) is 0 Å². The molecule has 4 aromatic rings. The van der Waals surface area contributed by atoms with E-state index in [4.69, 9.17) is 0 Å². The number of imidazole rings is 1. The quantitative estimate of drug-likeness (QED) is 0.474. The van der Waals surface area contributed by atoms with Crippen LogP contribution in [0.2, 0.25) is 0 Å². The standard InChI is InChI=1S/C20H22N8O3S/c1-14-17(32(30,31)26-8-9-28-15(13-26)4-6-24-28)10-16(25(14)2)20(29)23-12-19-22-11-18-21-5-3-7-27(18)19/h3-7,10-11H,8-9,12-13H2,1-2H3,(H,23,29). The van der Waals surface area contributed by atoms with Crippen LogP contribution in [0.5, 0.6) is 0 Å². The lowest BCUT2D eigenvalue weighted by Gasteiger charge is -2.26. The Balaban J connectivity index is 1.37. The Morgan fingerprint density at radius 3 is 2.91 bits per heavy atom. The average Bonchev–Trinajstić information content (AvgIpc) is 3.50. The first-order chi connectivity index (χ1) is 15.4. The van der Waals surface area contributed by atoms with Gasteiger partial charge in [0.15, 0.2) is 5.65 Å². The summed E-state index contributed by atoms with van der Waals surface area (Å²) in [7, 11) is -2.08. The normalized spacial score (nSPS) is 14.6. The summed E-state index contributed by atoms with van der Waals surface area (Å²) in [5, 5.41) is 7.02. The Labute approximate surface area is 184 Å². The van der Waals surface area contributed by atoms with E-state index in [0.29, 0.717) is 30.3 Å². The van der Waals surface area contributed by atoms with E-state index in [1.54, 1.807) is 52.3 Å². The summed E-state index contributed by atoms with van der Waals surface area (Å²) in [6.07, 6.45) is 6.78. The second-order valence-electron chi connectivity index (χ2n) is 7.63. The number of carbonyl (C=O) groups excluding carboxylic acids is 1. The Hall–Kier alpha value is -3.51. The van der Waals surface area contributed by atoms with Crippen molar-refractivity contribution in [1.29, 1.82) is 0 Å². The number of nitrogens with zero attached hydrogens (tertiary/aromatic N) is 7. The van der Waals surface area contributed by atoms with Crippen molar-refractivity contribution >= 4 is 21.6 Å². The summed E-state index contributed by atoms with van der Waals surface area (Å²) >= 11 is 0. The summed E-state index contributed by atoms with van der Waals surface area (Å²) in [4.78, 5) is 21.5. The van der Waals surface area contributed by atoms with Crippen molar-refractivity contribution in [2.45, 2.75) is 31.5 Å². The van der Waals surface area contributed by atoms with E-state index < -0.39 is 10.0 Å². The van der Waals surface area contributed by atoms with Crippen LogP contribution in [-0.4, -0.2) is 53.9 Å². The molecule has 0 fully saturated rings. The first-order valence-corrected chi connectivity index (χ1v) is 11.5. The Kier molecular flexibility index (Phi) is 4.82. The third-order valence-corrected chi connectivity index (χ3v) is 7.79. The number of sulfonamides is 1. The highest BCUT2D eigenvalue weighted by Gasteiger charge is 2.32. The molecule has 0 aliphatic carbocycles. The second-order valence-corrected chi connectivity index (χ2v) is 9.53. The van der Waals surface area contributed by atoms with Crippen LogP contribution in [0.25, 0.3) is 5.65 Å². The average molecular weight is 455 g/mol. The summed E-state index contributed by atoms with van der Waals surface area (Å²) in [6.45, 7) is 2.95. The maximum absolute atomic E-state index is 13.3. The lowest BCUT2D eigenvalue weighted by atomic mass is 10.3. The molecule has 0 aromatic carbocycles. The van der Waals surface area contributed by atoms with Gasteiger partial charge in [-0.25, -0.2) is 18.4 Å². The first kappa shape index (κ1) is 20.4. The van der Waals surface area contributed by atoms with Crippen molar-refractivity contribution in [1.82, 2.24) is 38.3 Å². The number of rotatable bonds is 5. The van der Waals surface area contributed by atoms with Crippen LogP contribution >= 0.6 is 0 Å². The lowest BCUT2D eigenvalue weighted by Crippen LogP contribution is -2.38.